The quantitative estimate of drug-likeness (QED) is 0.773. The Kier molecular flexibility index (Phi) is 5.22. The topological polar surface area (TPSA) is 52.6 Å². The first-order valence-corrected chi connectivity index (χ1v) is 7.82. The van der Waals surface area contributed by atoms with Gasteiger partial charge in [-0.05, 0) is 45.1 Å². The maximum atomic E-state index is 11.3. The summed E-state index contributed by atoms with van der Waals surface area (Å²) in [6.07, 6.45) is 5.88. The van der Waals surface area contributed by atoms with Crippen LogP contribution in [0.5, 0.6) is 0 Å². The van der Waals surface area contributed by atoms with Gasteiger partial charge in [0.2, 0.25) is 0 Å². The van der Waals surface area contributed by atoms with Crippen molar-refractivity contribution in [2.45, 2.75) is 58.0 Å². The monoisotopic (exact) mass is 268 g/mol. The predicted octanol–water partition coefficient (Wildman–Crippen LogP) is 1.95. The molecule has 2 fully saturated rings. The highest BCUT2D eigenvalue weighted by Crippen LogP contribution is 2.33. The van der Waals surface area contributed by atoms with Crippen molar-refractivity contribution in [1.82, 2.24) is 10.2 Å². The number of hydrogen-bond acceptors (Lipinski definition) is 3. The first kappa shape index (κ1) is 14.8. The van der Waals surface area contributed by atoms with Gasteiger partial charge in [0.25, 0.3) is 0 Å². The molecule has 4 heteroatoms. The summed E-state index contributed by atoms with van der Waals surface area (Å²) in [5.74, 6) is -0.0428. The van der Waals surface area contributed by atoms with Crippen molar-refractivity contribution >= 4 is 5.97 Å². The molecule has 4 nitrogen and oxygen atoms in total. The molecule has 2 rings (SSSR count). The molecular weight excluding hydrogens is 240 g/mol. The second kappa shape index (κ2) is 6.71. The van der Waals surface area contributed by atoms with Gasteiger partial charge in [-0.15, -0.1) is 0 Å². The Hall–Kier alpha value is -0.610. The van der Waals surface area contributed by atoms with Gasteiger partial charge in [-0.2, -0.15) is 0 Å². The van der Waals surface area contributed by atoms with Crippen molar-refractivity contribution in [3.63, 3.8) is 0 Å². The van der Waals surface area contributed by atoms with Crippen LogP contribution >= 0.6 is 0 Å². The minimum atomic E-state index is -0.631. The summed E-state index contributed by atoms with van der Waals surface area (Å²) >= 11 is 0. The highest BCUT2D eigenvalue weighted by molar-refractivity contribution is 5.70. The molecule has 1 aliphatic carbocycles. The summed E-state index contributed by atoms with van der Waals surface area (Å²) in [7, 11) is 0. The maximum Gasteiger partial charge on any atom is 0.307 e. The lowest BCUT2D eigenvalue weighted by Crippen LogP contribution is -2.55. The summed E-state index contributed by atoms with van der Waals surface area (Å²) in [5, 5.41) is 12.8. The lowest BCUT2D eigenvalue weighted by atomic mass is 9.78. The minimum Gasteiger partial charge on any atom is -0.481 e. The van der Waals surface area contributed by atoms with Crippen molar-refractivity contribution < 1.29 is 9.90 Å². The van der Waals surface area contributed by atoms with Crippen LogP contribution in [0.2, 0.25) is 0 Å². The van der Waals surface area contributed by atoms with Crippen LogP contribution in [0.15, 0.2) is 0 Å². The van der Waals surface area contributed by atoms with E-state index in [4.69, 9.17) is 0 Å². The molecule has 19 heavy (non-hydrogen) atoms. The highest BCUT2D eigenvalue weighted by Gasteiger charge is 2.36. The van der Waals surface area contributed by atoms with Gasteiger partial charge < -0.3 is 10.4 Å². The van der Waals surface area contributed by atoms with Crippen molar-refractivity contribution in [2.24, 2.45) is 11.8 Å². The molecule has 0 spiro atoms. The Bertz CT molecular complexity index is 305. The zero-order chi connectivity index (χ0) is 13.8. The molecule has 2 N–H and O–H groups in total. The molecule has 110 valence electrons. The normalized spacial score (nSPS) is 30.8. The number of hydrogen-bond donors (Lipinski definition) is 2. The summed E-state index contributed by atoms with van der Waals surface area (Å²) in [5.41, 5.74) is 0. The Morgan fingerprint density at radius 2 is 2.16 bits per heavy atom. The molecule has 0 amide bonds. The third kappa shape index (κ3) is 3.69. The van der Waals surface area contributed by atoms with Crippen LogP contribution in [-0.4, -0.2) is 47.7 Å². The fourth-order valence-corrected chi connectivity index (χ4v) is 3.36. The van der Waals surface area contributed by atoms with E-state index >= 15 is 0 Å². The number of carboxylic acid groups (broad SMARTS) is 1. The number of nitrogens with zero attached hydrogens (tertiary/aromatic N) is 1. The first-order chi connectivity index (χ1) is 9.11. The van der Waals surface area contributed by atoms with Gasteiger partial charge in [-0.1, -0.05) is 13.3 Å². The van der Waals surface area contributed by atoms with E-state index < -0.39 is 5.97 Å². The molecule has 0 aromatic carbocycles. The van der Waals surface area contributed by atoms with Crippen LogP contribution in [0.3, 0.4) is 0 Å². The van der Waals surface area contributed by atoms with E-state index in [1.807, 2.05) is 0 Å². The molecule has 2 aliphatic rings. The molecule has 0 radical (unpaired) electrons. The fraction of sp³-hybridized carbons (Fsp3) is 0.933. The van der Waals surface area contributed by atoms with Crippen LogP contribution in [0.4, 0.5) is 0 Å². The van der Waals surface area contributed by atoms with Gasteiger partial charge >= 0.3 is 5.97 Å². The van der Waals surface area contributed by atoms with E-state index in [9.17, 15) is 9.90 Å². The van der Waals surface area contributed by atoms with Crippen molar-refractivity contribution in [2.75, 3.05) is 19.6 Å². The fourth-order valence-electron chi connectivity index (χ4n) is 3.36. The molecule has 0 aromatic rings. The SMILES string of the molecule is CCCNC1CC(C(=O)O)CN(C(C)C2CCC2)C1. The lowest BCUT2D eigenvalue weighted by molar-refractivity contribution is -0.144. The molecule has 1 heterocycles. The van der Waals surface area contributed by atoms with E-state index in [2.05, 4.69) is 24.1 Å². The largest absolute Gasteiger partial charge is 0.481 e. The summed E-state index contributed by atoms with van der Waals surface area (Å²) in [6, 6.07) is 0.888. The predicted molar refractivity (Wildman–Crippen MR) is 76.2 cm³/mol. The molecule has 0 bridgehead atoms. The molecule has 1 aliphatic heterocycles. The summed E-state index contributed by atoms with van der Waals surface area (Å²) < 4.78 is 0. The minimum absolute atomic E-state index is 0.203. The van der Waals surface area contributed by atoms with Gasteiger partial charge in [0.15, 0.2) is 0 Å². The molecule has 0 aromatic heterocycles. The van der Waals surface area contributed by atoms with Crippen LogP contribution < -0.4 is 5.32 Å². The average molecular weight is 268 g/mol. The molecule has 3 unspecified atom stereocenters. The number of carbonyl (C=O) groups is 1. The van der Waals surface area contributed by atoms with Crippen molar-refractivity contribution in [1.29, 1.82) is 0 Å². The van der Waals surface area contributed by atoms with E-state index in [1.54, 1.807) is 0 Å². The maximum absolute atomic E-state index is 11.3. The summed E-state index contributed by atoms with van der Waals surface area (Å²) in [6.45, 7) is 7.17. The summed E-state index contributed by atoms with van der Waals surface area (Å²) in [4.78, 5) is 13.8. The smallest absolute Gasteiger partial charge is 0.307 e. The van der Waals surface area contributed by atoms with Gasteiger partial charge in [-0.3, -0.25) is 9.69 Å². The zero-order valence-corrected chi connectivity index (χ0v) is 12.3. The Morgan fingerprint density at radius 1 is 1.42 bits per heavy atom. The van der Waals surface area contributed by atoms with E-state index in [1.165, 1.54) is 19.3 Å². The Morgan fingerprint density at radius 3 is 2.68 bits per heavy atom. The number of likely N-dealkylation sites (tertiary alicyclic amines) is 1. The second-order valence-electron chi connectivity index (χ2n) is 6.31. The molecule has 1 saturated heterocycles. The standard InChI is InChI=1S/C15H28N2O2/c1-3-7-16-14-8-13(15(18)19)9-17(10-14)11(2)12-5-4-6-12/h11-14,16H,3-10H2,1-2H3,(H,18,19). The van der Waals surface area contributed by atoms with Gasteiger partial charge in [-0.25, -0.2) is 0 Å². The lowest BCUT2D eigenvalue weighted by Gasteiger charge is -2.44. The number of piperidine rings is 1. The number of aliphatic carboxylic acids is 1. The van der Waals surface area contributed by atoms with Crippen LogP contribution in [0.1, 0.15) is 46.0 Å². The van der Waals surface area contributed by atoms with Crippen molar-refractivity contribution in [3.05, 3.63) is 0 Å². The van der Waals surface area contributed by atoms with E-state index in [-0.39, 0.29) is 5.92 Å². The highest BCUT2D eigenvalue weighted by atomic mass is 16.4. The molecule has 3 atom stereocenters. The van der Waals surface area contributed by atoms with E-state index in [0.29, 0.717) is 12.1 Å². The van der Waals surface area contributed by atoms with Crippen LogP contribution in [-0.2, 0) is 4.79 Å². The van der Waals surface area contributed by atoms with Gasteiger partial charge in [0.1, 0.15) is 0 Å². The van der Waals surface area contributed by atoms with Gasteiger partial charge in [0, 0.05) is 25.2 Å². The third-order valence-electron chi connectivity index (χ3n) is 4.92. The number of rotatable bonds is 6. The molecule has 1 saturated carbocycles. The third-order valence-corrected chi connectivity index (χ3v) is 4.92. The van der Waals surface area contributed by atoms with Crippen molar-refractivity contribution in [3.8, 4) is 0 Å². The van der Waals surface area contributed by atoms with Crippen LogP contribution in [0, 0.1) is 11.8 Å². The zero-order valence-electron chi connectivity index (χ0n) is 12.3. The van der Waals surface area contributed by atoms with Crippen LogP contribution in [0.25, 0.3) is 0 Å². The van der Waals surface area contributed by atoms with E-state index in [0.717, 1.165) is 38.4 Å². The average Bonchev–Trinajstić information content (AvgIpc) is 2.33. The number of nitrogens with one attached hydrogen (secondary N) is 1. The Labute approximate surface area is 116 Å². The Balaban J connectivity index is 1.94. The second-order valence-corrected chi connectivity index (χ2v) is 6.31. The molecular formula is C15H28N2O2. The first-order valence-electron chi connectivity index (χ1n) is 7.82. The van der Waals surface area contributed by atoms with Gasteiger partial charge in [0.05, 0.1) is 5.92 Å². The number of carboxylic acids is 1.